The zero-order chi connectivity index (χ0) is 19.1. The van der Waals surface area contributed by atoms with Crippen molar-refractivity contribution in [3.8, 4) is 11.5 Å². The third-order valence-electron chi connectivity index (χ3n) is 4.27. The van der Waals surface area contributed by atoms with E-state index in [1.165, 1.54) is 0 Å². The highest BCUT2D eigenvalue weighted by Gasteiger charge is 2.16. The fraction of sp³-hybridized carbons (Fsp3) is 0.409. The molecule has 0 aromatic heterocycles. The molecule has 1 aliphatic rings. The number of ether oxygens (including phenoxy) is 3. The van der Waals surface area contributed by atoms with Crippen LogP contribution in [-0.2, 0) is 4.74 Å². The molecule has 1 atom stereocenters. The first-order valence-corrected chi connectivity index (χ1v) is 9.49. The van der Waals surface area contributed by atoms with Gasteiger partial charge in [-0.2, -0.15) is 0 Å². The van der Waals surface area contributed by atoms with Crippen molar-refractivity contribution in [2.45, 2.75) is 32.8 Å². The summed E-state index contributed by atoms with van der Waals surface area (Å²) in [7, 11) is 0. The summed E-state index contributed by atoms with van der Waals surface area (Å²) >= 11 is 0. The molecule has 0 bridgehead atoms. The molecule has 0 spiro atoms. The van der Waals surface area contributed by atoms with Gasteiger partial charge < -0.3 is 19.5 Å². The van der Waals surface area contributed by atoms with Crippen molar-refractivity contribution in [3.05, 3.63) is 54.1 Å². The lowest BCUT2D eigenvalue weighted by Gasteiger charge is -2.12. The summed E-state index contributed by atoms with van der Waals surface area (Å²) in [5, 5.41) is 2.89. The molecule has 1 aliphatic heterocycles. The van der Waals surface area contributed by atoms with Gasteiger partial charge in [0.1, 0.15) is 18.1 Å². The van der Waals surface area contributed by atoms with Crippen LogP contribution in [0.5, 0.6) is 11.5 Å². The zero-order valence-electron chi connectivity index (χ0n) is 15.9. The van der Waals surface area contributed by atoms with Crippen molar-refractivity contribution >= 4 is 11.6 Å². The minimum absolute atomic E-state index is 0.156. The van der Waals surface area contributed by atoms with Gasteiger partial charge in [0.2, 0.25) is 0 Å². The Balaban J connectivity index is 1.49. The molecule has 5 heteroatoms. The van der Waals surface area contributed by atoms with E-state index in [1.54, 1.807) is 12.1 Å². The fourth-order valence-corrected chi connectivity index (χ4v) is 2.77. The van der Waals surface area contributed by atoms with E-state index in [1.807, 2.05) is 36.4 Å². The van der Waals surface area contributed by atoms with E-state index in [9.17, 15) is 4.79 Å². The van der Waals surface area contributed by atoms with Crippen LogP contribution in [0.25, 0.3) is 0 Å². The molecule has 0 saturated carbocycles. The number of benzene rings is 2. The third kappa shape index (κ3) is 6.00. The maximum absolute atomic E-state index is 12.4. The highest BCUT2D eigenvalue weighted by Crippen LogP contribution is 2.19. The maximum atomic E-state index is 12.4. The number of nitrogens with one attached hydrogen (secondary N) is 1. The first kappa shape index (κ1) is 19.2. The maximum Gasteiger partial charge on any atom is 0.255 e. The molecule has 1 N–H and O–H groups in total. The molecule has 144 valence electrons. The van der Waals surface area contributed by atoms with Gasteiger partial charge in [0, 0.05) is 17.9 Å². The summed E-state index contributed by atoms with van der Waals surface area (Å²) in [6, 6.07) is 14.6. The van der Waals surface area contributed by atoms with Crippen LogP contribution < -0.4 is 14.8 Å². The van der Waals surface area contributed by atoms with Crippen LogP contribution in [0.2, 0.25) is 0 Å². The summed E-state index contributed by atoms with van der Waals surface area (Å²) in [5.41, 5.74) is 1.32. The largest absolute Gasteiger partial charge is 0.493 e. The molecule has 1 heterocycles. The monoisotopic (exact) mass is 369 g/mol. The van der Waals surface area contributed by atoms with Crippen LogP contribution in [0.1, 0.15) is 37.0 Å². The number of amides is 1. The molecule has 0 aliphatic carbocycles. The van der Waals surface area contributed by atoms with Gasteiger partial charge in [-0.1, -0.05) is 13.8 Å². The van der Waals surface area contributed by atoms with Crippen molar-refractivity contribution in [2.24, 2.45) is 5.92 Å². The average molecular weight is 369 g/mol. The smallest absolute Gasteiger partial charge is 0.255 e. The lowest BCUT2D eigenvalue weighted by Crippen LogP contribution is -2.16. The van der Waals surface area contributed by atoms with Crippen LogP contribution in [0.4, 0.5) is 5.69 Å². The van der Waals surface area contributed by atoms with E-state index in [2.05, 4.69) is 19.2 Å². The number of hydrogen-bond acceptors (Lipinski definition) is 4. The minimum Gasteiger partial charge on any atom is -0.493 e. The van der Waals surface area contributed by atoms with Gasteiger partial charge in [-0.25, -0.2) is 0 Å². The molecule has 0 radical (unpaired) electrons. The number of hydrogen-bond donors (Lipinski definition) is 1. The molecule has 2 aromatic rings. The Bertz CT molecular complexity index is 719. The van der Waals surface area contributed by atoms with Gasteiger partial charge >= 0.3 is 0 Å². The van der Waals surface area contributed by atoms with Crippen LogP contribution in [0.15, 0.2) is 48.5 Å². The van der Waals surface area contributed by atoms with E-state index in [0.29, 0.717) is 24.7 Å². The Labute approximate surface area is 160 Å². The summed E-state index contributed by atoms with van der Waals surface area (Å²) in [5.74, 6) is 1.86. The Hall–Kier alpha value is -2.53. The predicted octanol–water partition coefficient (Wildman–Crippen LogP) is 4.53. The topological polar surface area (TPSA) is 56.8 Å². The number of carbonyl (C=O) groups is 1. The van der Waals surface area contributed by atoms with Crippen LogP contribution >= 0.6 is 0 Å². The van der Waals surface area contributed by atoms with Crippen molar-refractivity contribution in [1.29, 1.82) is 0 Å². The number of anilines is 1. The molecular formula is C22H27NO4. The summed E-state index contributed by atoms with van der Waals surface area (Å²) in [6.07, 6.45) is 2.32. The molecule has 27 heavy (non-hydrogen) atoms. The van der Waals surface area contributed by atoms with Crippen molar-refractivity contribution < 1.29 is 19.0 Å². The van der Waals surface area contributed by atoms with Crippen LogP contribution in [-0.4, -0.2) is 31.8 Å². The Morgan fingerprint density at radius 1 is 1.07 bits per heavy atom. The highest BCUT2D eigenvalue weighted by molar-refractivity contribution is 6.04. The molecule has 3 rings (SSSR count). The zero-order valence-corrected chi connectivity index (χ0v) is 15.9. The van der Waals surface area contributed by atoms with Gasteiger partial charge in [0.15, 0.2) is 0 Å². The van der Waals surface area contributed by atoms with Gasteiger partial charge in [-0.3, -0.25) is 4.79 Å². The summed E-state index contributed by atoms with van der Waals surface area (Å²) in [6.45, 7) is 6.25. The minimum atomic E-state index is -0.156. The van der Waals surface area contributed by atoms with Gasteiger partial charge in [-0.05, 0) is 67.3 Å². The normalized spacial score (nSPS) is 16.3. The summed E-state index contributed by atoms with van der Waals surface area (Å²) < 4.78 is 16.9. The van der Waals surface area contributed by atoms with E-state index >= 15 is 0 Å². The number of carbonyl (C=O) groups excluding carboxylic acids is 1. The number of rotatable bonds is 8. The molecule has 1 unspecified atom stereocenters. The third-order valence-corrected chi connectivity index (χ3v) is 4.27. The van der Waals surface area contributed by atoms with Gasteiger partial charge in [0.05, 0.1) is 12.7 Å². The second-order valence-electron chi connectivity index (χ2n) is 7.15. The van der Waals surface area contributed by atoms with Crippen LogP contribution in [0, 0.1) is 5.92 Å². The molecule has 5 nitrogen and oxygen atoms in total. The molecule has 1 fully saturated rings. The first-order valence-electron chi connectivity index (χ1n) is 9.49. The van der Waals surface area contributed by atoms with Crippen LogP contribution in [0.3, 0.4) is 0 Å². The molecule has 1 amide bonds. The highest BCUT2D eigenvalue weighted by atomic mass is 16.5. The van der Waals surface area contributed by atoms with Crippen molar-refractivity contribution in [3.63, 3.8) is 0 Å². The fourth-order valence-electron chi connectivity index (χ4n) is 2.77. The molecular weight excluding hydrogens is 342 g/mol. The van der Waals surface area contributed by atoms with Gasteiger partial charge in [0.25, 0.3) is 5.91 Å². The van der Waals surface area contributed by atoms with E-state index in [4.69, 9.17) is 14.2 Å². The van der Waals surface area contributed by atoms with Gasteiger partial charge in [-0.15, -0.1) is 0 Å². The Morgan fingerprint density at radius 3 is 2.37 bits per heavy atom. The van der Waals surface area contributed by atoms with E-state index < -0.39 is 0 Å². The Morgan fingerprint density at radius 2 is 1.74 bits per heavy atom. The van der Waals surface area contributed by atoms with Crippen molar-refractivity contribution in [1.82, 2.24) is 0 Å². The van der Waals surface area contributed by atoms with Crippen molar-refractivity contribution in [2.75, 3.05) is 25.1 Å². The quantitative estimate of drug-likeness (QED) is 0.743. The Kier molecular flexibility index (Phi) is 6.71. The van der Waals surface area contributed by atoms with E-state index in [-0.39, 0.29) is 12.0 Å². The average Bonchev–Trinajstić information content (AvgIpc) is 3.20. The SMILES string of the molecule is CC(C)COc1ccc(NC(=O)c2ccc(OCC3CCCO3)cc2)cc1. The molecule has 2 aromatic carbocycles. The lowest BCUT2D eigenvalue weighted by molar-refractivity contribution is 0.0679. The predicted molar refractivity (Wildman–Crippen MR) is 106 cm³/mol. The van der Waals surface area contributed by atoms with E-state index in [0.717, 1.165) is 36.6 Å². The standard InChI is InChI=1S/C22H27NO4/c1-16(2)14-26-20-11-7-18(8-12-20)23-22(24)17-5-9-19(10-6-17)27-15-21-4-3-13-25-21/h5-12,16,21H,3-4,13-15H2,1-2H3,(H,23,24). The second kappa shape index (κ2) is 9.42. The first-order chi connectivity index (χ1) is 13.1. The molecule has 1 saturated heterocycles. The second-order valence-corrected chi connectivity index (χ2v) is 7.15. The lowest BCUT2D eigenvalue weighted by atomic mass is 10.2. The summed E-state index contributed by atoms with van der Waals surface area (Å²) in [4.78, 5) is 12.4.